The lowest BCUT2D eigenvalue weighted by atomic mass is 10.2. The molecule has 0 spiro atoms. The van der Waals surface area contributed by atoms with Gasteiger partial charge in [-0.1, -0.05) is 11.6 Å². The second-order valence-corrected chi connectivity index (χ2v) is 6.95. The number of hydrogen-bond donors (Lipinski definition) is 1. The number of carbonyl (C=O) groups excluding carboxylic acids is 1. The average molecular weight is 392 g/mol. The fourth-order valence-electron chi connectivity index (χ4n) is 3.21. The average Bonchev–Trinajstić information content (AvgIpc) is 2.69. The zero-order chi connectivity index (χ0) is 19.4. The Morgan fingerprint density at radius 3 is 2.44 bits per heavy atom. The molecule has 1 saturated heterocycles. The van der Waals surface area contributed by atoms with Crippen molar-refractivity contribution >= 4 is 28.9 Å². The molecule has 0 aromatic heterocycles. The number of hydrogen-bond acceptors (Lipinski definition) is 4. The number of piperazine rings is 1. The maximum atomic E-state index is 13.0. The second kappa shape index (κ2) is 8.59. The predicted octanol–water partition coefficient (Wildman–Crippen LogP) is 3.64. The number of rotatable bonds is 5. The highest BCUT2D eigenvalue weighted by atomic mass is 35.5. The Balaban J connectivity index is 1.59. The van der Waals surface area contributed by atoms with Crippen molar-refractivity contribution in [1.82, 2.24) is 4.90 Å². The highest BCUT2D eigenvalue weighted by Gasteiger charge is 2.26. The monoisotopic (exact) mass is 391 g/mol. The fourth-order valence-corrected chi connectivity index (χ4v) is 3.37. The van der Waals surface area contributed by atoms with Crippen LogP contribution in [0.15, 0.2) is 42.5 Å². The van der Waals surface area contributed by atoms with Crippen molar-refractivity contribution in [3.63, 3.8) is 0 Å². The number of anilines is 2. The standard InChI is InChI=1S/C20H23ClFN3O2/c1-14(20(26)23-17-6-4-16(22)5-7-17)24-9-11-25(12-10-24)18-13-15(21)3-8-19(18)27-2/h3-8,13-14H,9-12H2,1-2H3,(H,23,26)/t14-/m0/s1. The highest BCUT2D eigenvalue weighted by molar-refractivity contribution is 6.30. The summed E-state index contributed by atoms with van der Waals surface area (Å²) in [5.74, 6) is 0.360. The van der Waals surface area contributed by atoms with Gasteiger partial charge >= 0.3 is 0 Å². The van der Waals surface area contributed by atoms with E-state index in [-0.39, 0.29) is 17.8 Å². The molecule has 144 valence electrons. The van der Waals surface area contributed by atoms with Crippen LogP contribution in [0.3, 0.4) is 0 Å². The van der Waals surface area contributed by atoms with Crippen LogP contribution < -0.4 is 15.0 Å². The Bertz CT molecular complexity index is 792. The summed E-state index contributed by atoms with van der Waals surface area (Å²) in [6, 6.07) is 11.1. The van der Waals surface area contributed by atoms with Gasteiger partial charge in [0, 0.05) is 36.9 Å². The first-order valence-electron chi connectivity index (χ1n) is 8.87. The fraction of sp³-hybridized carbons (Fsp3) is 0.350. The first kappa shape index (κ1) is 19.5. The summed E-state index contributed by atoms with van der Waals surface area (Å²) < 4.78 is 18.4. The Kier molecular flexibility index (Phi) is 6.19. The van der Waals surface area contributed by atoms with Gasteiger partial charge in [-0.25, -0.2) is 4.39 Å². The van der Waals surface area contributed by atoms with Crippen LogP contribution in [0.5, 0.6) is 5.75 Å². The van der Waals surface area contributed by atoms with Crippen molar-refractivity contribution in [2.75, 3.05) is 43.5 Å². The minimum Gasteiger partial charge on any atom is -0.495 e. The number of nitrogens with zero attached hydrogens (tertiary/aromatic N) is 2. The lowest BCUT2D eigenvalue weighted by Crippen LogP contribution is -2.52. The minimum absolute atomic E-state index is 0.101. The molecule has 2 aromatic carbocycles. The molecule has 1 N–H and O–H groups in total. The molecule has 0 radical (unpaired) electrons. The summed E-state index contributed by atoms with van der Waals surface area (Å²) in [6.07, 6.45) is 0. The number of carbonyl (C=O) groups is 1. The Hall–Kier alpha value is -2.31. The Morgan fingerprint density at radius 2 is 1.81 bits per heavy atom. The van der Waals surface area contributed by atoms with E-state index in [0.717, 1.165) is 37.6 Å². The van der Waals surface area contributed by atoms with Crippen LogP contribution in [0.25, 0.3) is 0 Å². The number of methoxy groups -OCH3 is 1. The van der Waals surface area contributed by atoms with E-state index >= 15 is 0 Å². The molecule has 1 atom stereocenters. The van der Waals surface area contributed by atoms with Crippen LogP contribution in [0.1, 0.15) is 6.92 Å². The van der Waals surface area contributed by atoms with Crippen molar-refractivity contribution < 1.29 is 13.9 Å². The quantitative estimate of drug-likeness (QED) is 0.845. The van der Waals surface area contributed by atoms with E-state index in [9.17, 15) is 9.18 Å². The van der Waals surface area contributed by atoms with E-state index < -0.39 is 0 Å². The molecular formula is C20H23ClFN3O2. The number of halogens is 2. The van der Waals surface area contributed by atoms with Crippen molar-refractivity contribution in [3.05, 3.63) is 53.3 Å². The maximum absolute atomic E-state index is 13.0. The van der Waals surface area contributed by atoms with Gasteiger partial charge in [0.1, 0.15) is 11.6 Å². The van der Waals surface area contributed by atoms with Gasteiger partial charge in [0.05, 0.1) is 18.8 Å². The Labute approximate surface area is 163 Å². The summed E-state index contributed by atoms with van der Waals surface area (Å²) in [4.78, 5) is 16.8. The molecule has 2 aromatic rings. The molecule has 0 unspecified atom stereocenters. The van der Waals surface area contributed by atoms with Crippen molar-refractivity contribution in [2.45, 2.75) is 13.0 Å². The predicted molar refractivity (Wildman–Crippen MR) is 106 cm³/mol. The van der Waals surface area contributed by atoms with Crippen LogP contribution in [-0.4, -0.2) is 50.1 Å². The molecule has 7 heteroatoms. The van der Waals surface area contributed by atoms with Gasteiger partial charge in [0.15, 0.2) is 0 Å². The van der Waals surface area contributed by atoms with Crippen LogP contribution in [0.2, 0.25) is 5.02 Å². The first-order valence-corrected chi connectivity index (χ1v) is 9.24. The molecule has 1 amide bonds. The lowest BCUT2D eigenvalue weighted by molar-refractivity contribution is -0.120. The molecular weight excluding hydrogens is 369 g/mol. The Morgan fingerprint density at radius 1 is 1.15 bits per heavy atom. The third-order valence-corrected chi connectivity index (χ3v) is 5.07. The van der Waals surface area contributed by atoms with E-state index in [0.29, 0.717) is 10.7 Å². The third-order valence-electron chi connectivity index (χ3n) is 4.83. The van der Waals surface area contributed by atoms with E-state index in [4.69, 9.17) is 16.3 Å². The molecule has 1 aliphatic rings. The lowest BCUT2D eigenvalue weighted by Gasteiger charge is -2.39. The third kappa shape index (κ3) is 4.70. The van der Waals surface area contributed by atoms with Crippen molar-refractivity contribution in [3.8, 4) is 5.75 Å². The highest BCUT2D eigenvalue weighted by Crippen LogP contribution is 2.32. The zero-order valence-corrected chi connectivity index (χ0v) is 16.2. The molecule has 1 aliphatic heterocycles. The summed E-state index contributed by atoms with van der Waals surface area (Å²) in [7, 11) is 1.64. The zero-order valence-electron chi connectivity index (χ0n) is 15.4. The second-order valence-electron chi connectivity index (χ2n) is 6.51. The first-order chi connectivity index (χ1) is 13.0. The molecule has 1 fully saturated rings. The number of benzene rings is 2. The van der Waals surface area contributed by atoms with Crippen LogP contribution in [-0.2, 0) is 4.79 Å². The van der Waals surface area contributed by atoms with Gasteiger partial charge in [-0.2, -0.15) is 0 Å². The number of ether oxygens (including phenoxy) is 1. The van der Waals surface area contributed by atoms with Crippen LogP contribution in [0.4, 0.5) is 15.8 Å². The van der Waals surface area contributed by atoms with Gasteiger partial charge in [0.25, 0.3) is 0 Å². The van der Waals surface area contributed by atoms with Gasteiger partial charge in [-0.15, -0.1) is 0 Å². The number of amides is 1. The molecule has 0 aliphatic carbocycles. The van der Waals surface area contributed by atoms with E-state index in [2.05, 4.69) is 15.1 Å². The SMILES string of the molecule is COc1ccc(Cl)cc1N1CCN([C@@H](C)C(=O)Nc2ccc(F)cc2)CC1. The van der Waals surface area contributed by atoms with Gasteiger partial charge in [-0.3, -0.25) is 9.69 Å². The topological polar surface area (TPSA) is 44.8 Å². The molecule has 1 heterocycles. The number of nitrogens with one attached hydrogen (secondary N) is 1. The van der Waals surface area contributed by atoms with Crippen molar-refractivity contribution in [1.29, 1.82) is 0 Å². The minimum atomic E-state index is -0.325. The smallest absolute Gasteiger partial charge is 0.241 e. The summed E-state index contributed by atoms with van der Waals surface area (Å²) in [6.45, 7) is 4.91. The van der Waals surface area contributed by atoms with Crippen LogP contribution >= 0.6 is 11.6 Å². The largest absolute Gasteiger partial charge is 0.495 e. The normalized spacial score (nSPS) is 16.1. The molecule has 0 saturated carbocycles. The molecule has 27 heavy (non-hydrogen) atoms. The van der Waals surface area contributed by atoms with Crippen LogP contribution in [0, 0.1) is 5.82 Å². The molecule has 0 bridgehead atoms. The van der Waals surface area contributed by atoms with Crippen molar-refractivity contribution in [2.24, 2.45) is 0 Å². The maximum Gasteiger partial charge on any atom is 0.241 e. The molecule has 5 nitrogen and oxygen atoms in total. The molecule has 3 rings (SSSR count). The van der Waals surface area contributed by atoms with E-state index in [1.54, 1.807) is 19.2 Å². The van der Waals surface area contributed by atoms with E-state index in [1.807, 2.05) is 25.1 Å². The van der Waals surface area contributed by atoms with Gasteiger partial charge in [0.2, 0.25) is 5.91 Å². The van der Waals surface area contributed by atoms with E-state index in [1.165, 1.54) is 12.1 Å². The summed E-state index contributed by atoms with van der Waals surface area (Å²) in [5, 5.41) is 3.50. The summed E-state index contributed by atoms with van der Waals surface area (Å²) >= 11 is 6.13. The van der Waals surface area contributed by atoms with Gasteiger partial charge in [-0.05, 0) is 49.4 Å². The summed E-state index contributed by atoms with van der Waals surface area (Å²) in [5.41, 5.74) is 1.56. The van der Waals surface area contributed by atoms with Gasteiger partial charge < -0.3 is 15.0 Å².